The minimum absolute atomic E-state index is 0.268. The number of carboxylic acid groups (broad SMARTS) is 2. The fourth-order valence-electron chi connectivity index (χ4n) is 1.10. The number of rotatable bonds is 4. The summed E-state index contributed by atoms with van der Waals surface area (Å²) in [6, 6.07) is 1.31. The van der Waals surface area contributed by atoms with Gasteiger partial charge < -0.3 is 24.0 Å². The van der Waals surface area contributed by atoms with Crippen molar-refractivity contribution in [3.8, 4) is 5.75 Å². The minimum Gasteiger partial charge on any atom is -0.545 e. The first-order valence-electron chi connectivity index (χ1n) is 4.53. The number of hydrogen-bond donors (Lipinski definition) is 0. The predicted molar refractivity (Wildman–Crippen MR) is 50.7 cm³/mol. The fourth-order valence-corrected chi connectivity index (χ4v) is 1.55. The monoisotopic (exact) mass is 312 g/mol. The van der Waals surface area contributed by atoms with Crippen molar-refractivity contribution < 1.29 is 45.6 Å². The Kier molecular flexibility index (Phi) is 3.94. The van der Waals surface area contributed by atoms with Gasteiger partial charge in [0.1, 0.15) is 5.75 Å². The van der Waals surface area contributed by atoms with Crippen LogP contribution in [-0.2, 0) is 10.1 Å². The van der Waals surface area contributed by atoms with Gasteiger partial charge in [-0.3, -0.25) is 0 Å². The average molecular weight is 312 g/mol. The summed E-state index contributed by atoms with van der Waals surface area (Å²) in [6.45, 7) is 0. The van der Waals surface area contributed by atoms with E-state index in [9.17, 15) is 41.4 Å². The van der Waals surface area contributed by atoms with Crippen LogP contribution < -0.4 is 14.4 Å². The van der Waals surface area contributed by atoms with Crippen molar-refractivity contribution in [1.82, 2.24) is 0 Å². The highest BCUT2D eigenvalue weighted by Gasteiger charge is 2.48. The Balaban J connectivity index is 3.28. The van der Waals surface area contributed by atoms with Crippen LogP contribution in [0.4, 0.5) is 13.2 Å². The van der Waals surface area contributed by atoms with Crippen LogP contribution in [0.25, 0.3) is 0 Å². The molecule has 0 spiro atoms. The normalized spacial score (nSPS) is 11.9. The van der Waals surface area contributed by atoms with Gasteiger partial charge in [-0.2, -0.15) is 21.6 Å². The second-order valence-corrected chi connectivity index (χ2v) is 4.80. The summed E-state index contributed by atoms with van der Waals surface area (Å²) in [5.74, 6) is -5.03. The molecular weight excluding hydrogens is 309 g/mol. The van der Waals surface area contributed by atoms with Gasteiger partial charge in [-0.25, -0.2) is 0 Å². The second-order valence-electron chi connectivity index (χ2n) is 3.27. The van der Waals surface area contributed by atoms with E-state index in [1.54, 1.807) is 0 Å². The highest BCUT2D eigenvalue weighted by Crippen LogP contribution is 2.27. The van der Waals surface area contributed by atoms with Gasteiger partial charge in [0.15, 0.2) is 0 Å². The van der Waals surface area contributed by atoms with Gasteiger partial charge >= 0.3 is 15.6 Å². The summed E-state index contributed by atoms with van der Waals surface area (Å²) in [5, 5.41) is 21.2. The molecule has 0 aromatic heterocycles. The largest absolute Gasteiger partial charge is 0.545 e. The SMILES string of the molecule is O=C([O-])c1ccc(OS(=O)(=O)C(F)(F)F)cc1C(=O)[O-]. The molecule has 1 aromatic carbocycles. The molecule has 0 saturated carbocycles. The molecule has 110 valence electrons. The minimum atomic E-state index is -6.00. The standard InChI is InChI=1S/C9H5F3O7S/c10-9(11,12)20(17,18)19-4-1-2-5(7(13)14)6(3-4)8(15)16/h1-3H,(H,13,14)(H,15,16)/p-2. The first-order valence-corrected chi connectivity index (χ1v) is 5.94. The molecule has 0 amide bonds. The second kappa shape index (κ2) is 5.00. The van der Waals surface area contributed by atoms with Crippen LogP contribution in [0.2, 0.25) is 0 Å². The topological polar surface area (TPSA) is 124 Å². The van der Waals surface area contributed by atoms with Crippen molar-refractivity contribution >= 4 is 22.1 Å². The number of aromatic carboxylic acids is 2. The van der Waals surface area contributed by atoms with E-state index in [-0.39, 0.29) is 6.07 Å². The molecule has 0 aliphatic heterocycles. The van der Waals surface area contributed by atoms with E-state index < -0.39 is 44.4 Å². The van der Waals surface area contributed by atoms with E-state index >= 15 is 0 Å². The highest BCUT2D eigenvalue weighted by atomic mass is 32.2. The van der Waals surface area contributed by atoms with E-state index in [4.69, 9.17) is 0 Å². The van der Waals surface area contributed by atoms with E-state index in [0.29, 0.717) is 12.1 Å². The molecule has 0 aliphatic rings. The summed E-state index contributed by atoms with van der Waals surface area (Å²) in [6.07, 6.45) is 0. The fraction of sp³-hybridized carbons (Fsp3) is 0.111. The third-order valence-corrected chi connectivity index (χ3v) is 2.90. The third kappa shape index (κ3) is 3.17. The van der Waals surface area contributed by atoms with Crippen LogP contribution in [0, 0.1) is 0 Å². The molecule has 0 heterocycles. The molecule has 0 fully saturated rings. The highest BCUT2D eigenvalue weighted by molar-refractivity contribution is 7.88. The van der Waals surface area contributed by atoms with Crippen LogP contribution in [0.15, 0.2) is 18.2 Å². The number of halogens is 3. The summed E-state index contributed by atoms with van der Waals surface area (Å²) < 4.78 is 61.1. The lowest BCUT2D eigenvalue weighted by Crippen LogP contribution is -2.31. The van der Waals surface area contributed by atoms with E-state index in [1.165, 1.54) is 0 Å². The smallest absolute Gasteiger partial charge is 0.534 e. The maximum absolute atomic E-state index is 12.0. The summed E-state index contributed by atoms with van der Waals surface area (Å²) in [5.41, 5.74) is -7.71. The van der Waals surface area contributed by atoms with Crippen molar-refractivity contribution in [2.45, 2.75) is 5.51 Å². The van der Waals surface area contributed by atoms with Gasteiger partial charge in [0.25, 0.3) is 0 Å². The molecule has 1 aromatic rings. The van der Waals surface area contributed by atoms with Crippen molar-refractivity contribution in [3.63, 3.8) is 0 Å². The molecule has 0 aliphatic carbocycles. The van der Waals surface area contributed by atoms with Gasteiger partial charge in [-0.15, -0.1) is 0 Å². The summed E-state index contributed by atoms with van der Waals surface area (Å²) in [4.78, 5) is 21.2. The third-order valence-electron chi connectivity index (χ3n) is 1.92. The number of alkyl halides is 3. The molecule has 0 radical (unpaired) electrons. The number of carbonyl (C=O) groups is 2. The number of benzene rings is 1. The first-order chi connectivity index (χ1) is 8.95. The Morgan fingerprint density at radius 2 is 1.55 bits per heavy atom. The zero-order valence-electron chi connectivity index (χ0n) is 9.13. The maximum atomic E-state index is 12.0. The average Bonchev–Trinajstić information content (AvgIpc) is 2.26. The molecule has 1 rings (SSSR count). The van der Waals surface area contributed by atoms with Gasteiger partial charge in [-0.05, 0) is 18.2 Å². The number of hydrogen-bond acceptors (Lipinski definition) is 7. The number of carboxylic acids is 2. The van der Waals surface area contributed by atoms with E-state index in [1.807, 2.05) is 0 Å². The lowest BCUT2D eigenvalue weighted by atomic mass is 10.1. The van der Waals surface area contributed by atoms with Crippen LogP contribution in [0.1, 0.15) is 20.7 Å². The molecule has 0 saturated heterocycles. The van der Waals surface area contributed by atoms with Gasteiger partial charge in [0.2, 0.25) is 0 Å². The lowest BCUT2D eigenvalue weighted by Gasteiger charge is -2.14. The Labute approximate surface area is 109 Å². The van der Waals surface area contributed by atoms with Crippen LogP contribution in [-0.4, -0.2) is 25.9 Å². The summed E-state index contributed by atoms with van der Waals surface area (Å²) >= 11 is 0. The van der Waals surface area contributed by atoms with Crippen LogP contribution >= 0.6 is 0 Å². The van der Waals surface area contributed by atoms with E-state index in [2.05, 4.69) is 4.18 Å². The first kappa shape index (κ1) is 15.8. The van der Waals surface area contributed by atoms with Gasteiger partial charge in [0.05, 0.1) is 11.9 Å². The maximum Gasteiger partial charge on any atom is 0.534 e. The molecule has 0 atom stereocenters. The van der Waals surface area contributed by atoms with Gasteiger partial charge in [0, 0.05) is 11.1 Å². The van der Waals surface area contributed by atoms with Crippen molar-refractivity contribution in [2.24, 2.45) is 0 Å². The predicted octanol–water partition coefficient (Wildman–Crippen LogP) is -1.36. The molecule has 11 heteroatoms. The molecular formula is C9H3F3O7S-2. The van der Waals surface area contributed by atoms with Crippen LogP contribution in [0.3, 0.4) is 0 Å². The van der Waals surface area contributed by atoms with Gasteiger partial charge in [-0.1, -0.05) is 0 Å². The zero-order valence-corrected chi connectivity index (χ0v) is 9.95. The molecule has 0 N–H and O–H groups in total. The quantitative estimate of drug-likeness (QED) is 0.497. The van der Waals surface area contributed by atoms with Crippen molar-refractivity contribution in [1.29, 1.82) is 0 Å². The molecule has 0 bridgehead atoms. The Hall–Kier alpha value is -2.30. The van der Waals surface area contributed by atoms with Crippen molar-refractivity contribution in [2.75, 3.05) is 0 Å². The summed E-state index contributed by atoms with van der Waals surface area (Å²) in [7, 11) is -6.00. The number of carbonyl (C=O) groups excluding carboxylic acids is 2. The molecule has 0 unspecified atom stereocenters. The molecule has 7 nitrogen and oxygen atoms in total. The Morgan fingerprint density at radius 1 is 1.05 bits per heavy atom. The molecule has 20 heavy (non-hydrogen) atoms. The van der Waals surface area contributed by atoms with E-state index in [0.717, 1.165) is 0 Å². The van der Waals surface area contributed by atoms with Crippen LogP contribution in [0.5, 0.6) is 5.75 Å². The Bertz CT molecular complexity index is 663. The zero-order chi connectivity index (χ0) is 15.7. The van der Waals surface area contributed by atoms with Crippen molar-refractivity contribution in [3.05, 3.63) is 29.3 Å². The Morgan fingerprint density at radius 3 is 1.95 bits per heavy atom. The lowest BCUT2D eigenvalue weighted by molar-refractivity contribution is -0.259.